The smallest absolute Gasteiger partial charge is 0.306 e. The molecule has 86 valence electrons. The molecule has 1 fully saturated rings. The second-order valence-corrected chi connectivity index (χ2v) is 4.36. The second-order valence-electron chi connectivity index (χ2n) is 4.36. The first-order valence-corrected chi connectivity index (χ1v) is 5.42. The maximum atomic E-state index is 10.7. The molecule has 3 N–H and O–H groups in total. The highest BCUT2D eigenvalue weighted by molar-refractivity contribution is 5.69. The van der Waals surface area contributed by atoms with Crippen molar-refractivity contribution in [1.82, 2.24) is 9.97 Å². The first-order valence-electron chi connectivity index (χ1n) is 5.42. The topological polar surface area (TPSA) is 89.1 Å². The van der Waals surface area contributed by atoms with Crippen LogP contribution in [0.25, 0.3) is 0 Å². The summed E-state index contributed by atoms with van der Waals surface area (Å²) in [6.45, 7) is 1.66. The van der Waals surface area contributed by atoms with E-state index in [1.54, 1.807) is 13.0 Å². The van der Waals surface area contributed by atoms with Crippen LogP contribution in [-0.4, -0.2) is 21.0 Å². The average Bonchev–Trinajstić information content (AvgIpc) is 2.99. The van der Waals surface area contributed by atoms with Crippen LogP contribution in [-0.2, 0) is 11.2 Å². The number of aromatic nitrogens is 2. The third kappa shape index (κ3) is 2.48. The van der Waals surface area contributed by atoms with Crippen LogP contribution >= 0.6 is 0 Å². The van der Waals surface area contributed by atoms with Crippen LogP contribution in [0.1, 0.15) is 37.2 Å². The maximum absolute atomic E-state index is 10.7. The molecule has 1 saturated carbocycles. The molecular weight excluding hydrogens is 206 g/mol. The van der Waals surface area contributed by atoms with Crippen LogP contribution < -0.4 is 5.73 Å². The minimum Gasteiger partial charge on any atom is -0.481 e. The maximum Gasteiger partial charge on any atom is 0.306 e. The summed E-state index contributed by atoms with van der Waals surface area (Å²) in [6.07, 6.45) is 2.62. The number of anilines is 1. The number of carbonyl (C=O) groups is 1. The molecule has 0 saturated heterocycles. The number of aliphatic carboxylic acids is 1. The van der Waals surface area contributed by atoms with Crippen LogP contribution in [0.2, 0.25) is 0 Å². The Kier molecular flexibility index (Phi) is 2.77. The molecule has 1 heterocycles. The molecule has 0 spiro atoms. The van der Waals surface area contributed by atoms with E-state index in [1.807, 2.05) is 0 Å². The minimum atomic E-state index is -0.815. The van der Waals surface area contributed by atoms with Gasteiger partial charge in [0.2, 0.25) is 0 Å². The molecule has 1 aliphatic rings. The Morgan fingerprint density at radius 2 is 2.31 bits per heavy atom. The third-order valence-corrected chi connectivity index (χ3v) is 2.70. The number of hydrogen-bond donors (Lipinski definition) is 2. The summed E-state index contributed by atoms with van der Waals surface area (Å²) in [5.74, 6) is 0.381. The quantitative estimate of drug-likeness (QED) is 0.797. The van der Waals surface area contributed by atoms with Gasteiger partial charge >= 0.3 is 5.97 Å². The van der Waals surface area contributed by atoms with Gasteiger partial charge in [-0.25, -0.2) is 9.97 Å². The van der Waals surface area contributed by atoms with E-state index in [1.165, 1.54) is 0 Å². The van der Waals surface area contributed by atoms with E-state index >= 15 is 0 Å². The monoisotopic (exact) mass is 221 g/mol. The zero-order valence-corrected chi connectivity index (χ0v) is 9.18. The van der Waals surface area contributed by atoms with Crippen LogP contribution in [0.4, 0.5) is 5.82 Å². The summed E-state index contributed by atoms with van der Waals surface area (Å²) < 4.78 is 0. The molecule has 1 atom stereocenters. The normalized spacial score (nSPS) is 17.1. The lowest BCUT2D eigenvalue weighted by Gasteiger charge is -2.07. The first kappa shape index (κ1) is 10.9. The van der Waals surface area contributed by atoms with Gasteiger partial charge in [0.1, 0.15) is 11.6 Å². The number of rotatable bonds is 4. The third-order valence-electron chi connectivity index (χ3n) is 2.70. The number of nitrogens with two attached hydrogens (primary N) is 1. The molecule has 1 aromatic rings. The Balaban J connectivity index is 2.16. The van der Waals surface area contributed by atoms with Gasteiger partial charge < -0.3 is 10.8 Å². The Hall–Kier alpha value is -1.65. The molecule has 5 nitrogen and oxygen atoms in total. The number of nitrogen functional groups attached to an aromatic ring is 1. The largest absolute Gasteiger partial charge is 0.481 e. The van der Waals surface area contributed by atoms with Crippen molar-refractivity contribution in [3.63, 3.8) is 0 Å². The molecular formula is C11H15N3O2. The van der Waals surface area contributed by atoms with E-state index in [0.29, 0.717) is 18.2 Å². The molecule has 2 rings (SSSR count). The van der Waals surface area contributed by atoms with Crippen LogP contribution in [0, 0.1) is 5.92 Å². The zero-order chi connectivity index (χ0) is 11.7. The molecule has 0 amide bonds. The lowest BCUT2D eigenvalue weighted by Crippen LogP contribution is -2.14. The van der Waals surface area contributed by atoms with Gasteiger partial charge in [0.05, 0.1) is 5.92 Å². The number of carboxylic acid groups (broad SMARTS) is 1. The van der Waals surface area contributed by atoms with Crippen molar-refractivity contribution in [1.29, 1.82) is 0 Å². The van der Waals surface area contributed by atoms with Crippen molar-refractivity contribution in [2.75, 3.05) is 5.73 Å². The van der Waals surface area contributed by atoms with E-state index < -0.39 is 11.9 Å². The highest BCUT2D eigenvalue weighted by Gasteiger charge is 2.27. The lowest BCUT2D eigenvalue weighted by molar-refractivity contribution is -0.141. The highest BCUT2D eigenvalue weighted by atomic mass is 16.4. The van der Waals surface area contributed by atoms with E-state index in [4.69, 9.17) is 10.8 Å². The van der Waals surface area contributed by atoms with Gasteiger partial charge in [0.15, 0.2) is 0 Å². The fourth-order valence-electron chi connectivity index (χ4n) is 1.57. The molecule has 0 bridgehead atoms. The van der Waals surface area contributed by atoms with Crippen LogP contribution in [0.3, 0.4) is 0 Å². The predicted molar refractivity (Wildman–Crippen MR) is 58.9 cm³/mol. The van der Waals surface area contributed by atoms with Gasteiger partial charge in [0.25, 0.3) is 0 Å². The predicted octanol–water partition coefficient (Wildman–Crippen LogP) is 1.20. The van der Waals surface area contributed by atoms with Gasteiger partial charge in [-0.2, -0.15) is 0 Å². The average molecular weight is 221 g/mol. The summed E-state index contributed by atoms with van der Waals surface area (Å²) in [7, 11) is 0. The molecule has 1 aromatic heterocycles. The molecule has 1 unspecified atom stereocenters. The Bertz CT molecular complexity index is 416. The Morgan fingerprint density at radius 3 is 2.88 bits per heavy atom. The Morgan fingerprint density at radius 1 is 1.62 bits per heavy atom. The number of hydrogen-bond acceptors (Lipinski definition) is 4. The molecule has 1 aliphatic carbocycles. The lowest BCUT2D eigenvalue weighted by atomic mass is 10.1. The molecule has 0 aliphatic heterocycles. The van der Waals surface area contributed by atoms with Crippen LogP contribution in [0.5, 0.6) is 0 Å². The summed E-state index contributed by atoms with van der Waals surface area (Å²) in [5, 5.41) is 8.83. The van der Waals surface area contributed by atoms with Gasteiger partial charge in [0, 0.05) is 24.1 Å². The second kappa shape index (κ2) is 4.08. The number of nitrogens with zero attached hydrogens (tertiary/aromatic N) is 2. The molecule has 0 radical (unpaired) electrons. The van der Waals surface area contributed by atoms with Crippen molar-refractivity contribution in [3.8, 4) is 0 Å². The van der Waals surface area contributed by atoms with E-state index in [2.05, 4.69) is 9.97 Å². The van der Waals surface area contributed by atoms with Gasteiger partial charge in [-0.1, -0.05) is 6.92 Å². The standard InChI is InChI=1S/C11H15N3O2/c1-6(11(15)16)4-8-5-9(12)14-10(13-8)7-2-3-7/h5-7H,2-4H2,1H3,(H,15,16)(H2,12,13,14). The van der Waals surface area contributed by atoms with Crippen molar-refractivity contribution in [2.45, 2.75) is 32.1 Å². The fraction of sp³-hybridized carbons (Fsp3) is 0.545. The van der Waals surface area contributed by atoms with Crippen molar-refractivity contribution in [3.05, 3.63) is 17.6 Å². The minimum absolute atomic E-state index is 0.405. The van der Waals surface area contributed by atoms with Crippen molar-refractivity contribution >= 4 is 11.8 Å². The summed E-state index contributed by atoms with van der Waals surface area (Å²) in [5.41, 5.74) is 6.40. The summed E-state index contributed by atoms with van der Waals surface area (Å²) in [4.78, 5) is 19.3. The molecule has 16 heavy (non-hydrogen) atoms. The van der Waals surface area contributed by atoms with E-state index in [0.717, 1.165) is 24.4 Å². The van der Waals surface area contributed by atoms with E-state index in [-0.39, 0.29) is 0 Å². The first-order chi connectivity index (χ1) is 7.56. The summed E-state index contributed by atoms with van der Waals surface area (Å²) in [6, 6.07) is 1.66. The number of carboxylic acids is 1. The van der Waals surface area contributed by atoms with Gasteiger partial charge in [-0.05, 0) is 12.8 Å². The van der Waals surface area contributed by atoms with Crippen molar-refractivity contribution in [2.24, 2.45) is 5.92 Å². The molecule has 5 heteroatoms. The Labute approximate surface area is 93.7 Å². The zero-order valence-electron chi connectivity index (χ0n) is 9.18. The molecule has 0 aromatic carbocycles. The van der Waals surface area contributed by atoms with Crippen molar-refractivity contribution < 1.29 is 9.90 Å². The van der Waals surface area contributed by atoms with Gasteiger partial charge in [-0.15, -0.1) is 0 Å². The SMILES string of the molecule is CC(Cc1cc(N)nc(C2CC2)n1)C(=O)O. The fourth-order valence-corrected chi connectivity index (χ4v) is 1.57. The van der Waals surface area contributed by atoms with Gasteiger partial charge in [-0.3, -0.25) is 4.79 Å². The van der Waals surface area contributed by atoms with Crippen LogP contribution in [0.15, 0.2) is 6.07 Å². The highest BCUT2D eigenvalue weighted by Crippen LogP contribution is 2.38. The summed E-state index contributed by atoms with van der Waals surface area (Å²) >= 11 is 0. The van der Waals surface area contributed by atoms with E-state index in [9.17, 15) is 4.79 Å².